The number of aromatic nitrogens is 1. The van der Waals surface area contributed by atoms with E-state index in [0.29, 0.717) is 34.2 Å². The van der Waals surface area contributed by atoms with Crippen LogP contribution in [0.4, 0.5) is 4.39 Å². The molecule has 3 rings (SSSR count). The normalized spacial score (nSPS) is 18.2. The van der Waals surface area contributed by atoms with Crippen molar-refractivity contribution >= 4 is 22.7 Å². The van der Waals surface area contributed by atoms with Crippen LogP contribution in [0.5, 0.6) is 5.75 Å². The number of carbonyl (C=O) groups excluding carboxylic acids is 1. The van der Waals surface area contributed by atoms with E-state index in [9.17, 15) is 9.18 Å². The number of nitrogens with zero attached hydrogens (tertiary/aromatic N) is 2. The maximum atomic E-state index is 14.5. The molecule has 0 bridgehead atoms. The number of halogens is 1. The summed E-state index contributed by atoms with van der Waals surface area (Å²) in [6, 6.07) is 7.96. The summed E-state index contributed by atoms with van der Waals surface area (Å²) < 4.78 is 19.9. The van der Waals surface area contributed by atoms with Crippen molar-refractivity contribution in [2.24, 2.45) is 16.5 Å². The maximum Gasteiger partial charge on any atom is 0.185 e. The first-order valence-corrected chi connectivity index (χ1v) is 10.4. The van der Waals surface area contributed by atoms with Crippen LogP contribution in [0.15, 0.2) is 41.5 Å². The van der Waals surface area contributed by atoms with E-state index in [-0.39, 0.29) is 31.2 Å². The summed E-state index contributed by atoms with van der Waals surface area (Å²) in [7, 11) is 0. The molecule has 2 heterocycles. The van der Waals surface area contributed by atoms with Crippen LogP contribution in [0.25, 0.3) is 0 Å². The Labute approximate surface area is 179 Å². The third kappa shape index (κ3) is 5.38. The number of hydrogen-bond donors (Lipinski definition) is 2. The molecule has 156 valence electrons. The van der Waals surface area contributed by atoms with Crippen LogP contribution in [0.3, 0.4) is 0 Å². The number of nitrogens with two attached hydrogens (primary N) is 2. The molecule has 0 radical (unpaired) electrons. The van der Waals surface area contributed by atoms with Gasteiger partial charge in [0, 0.05) is 17.7 Å². The van der Waals surface area contributed by atoms with Gasteiger partial charge in [-0.3, -0.25) is 9.79 Å². The Bertz CT molecular complexity index is 1010. The first kappa shape index (κ1) is 21.8. The van der Waals surface area contributed by atoms with Gasteiger partial charge in [0.2, 0.25) is 0 Å². The molecular weight excluding hydrogens is 403 g/mol. The predicted octanol–water partition coefficient (Wildman–Crippen LogP) is 2.65. The Balaban J connectivity index is 1.72. The van der Waals surface area contributed by atoms with Gasteiger partial charge in [0.15, 0.2) is 11.0 Å². The maximum absolute atomic E-state index is 14.5. The number of hydrogen-bond acceptors (Lipinski definition) is 7. The molecule has 0 spiro atoms. The van der Waals surface area contributed by atoms with Crippen molar-refractivity contribution in [1.82, 2.24) is 4.98 Å². The van der Waals surface area contributed by atoms with Crippen LogP contribution in [0, 0.1) is 17.7 Å². The molecule has 1 atom stereocenters. The zero-order valence-corrected chi connectivity index (χ0v) is 17.5. The Hall–Kier alpha value is -2.89. The van der Waals surface area contributed by atoms with E-state index in [0.717, 1.165) is 5.75 Å². The van der Waals surface area contributed by atoms with E-state index >= 15 is 0 Å². The Morgan fingerprint density at radius 3 is 2.87 bits per heavy atom. The Kier molecular flexibility index (Phi) is 7.08. The van der Waals surface area contributed by atoms with E-state index in [2.05, 4.69) is 21.8 Å². The Morgan fingerprint density at radius 1 is 1.33 bits per heavy atom. The number of Topliss-reactive ketones (excluding diaryl/α,β-unsaturated/α-hetero) is 1. The largest absolute Gasteiger partial charge is 0.479 e. The highest BCUT2D eigenvalue weighted by molar-refractivity contribution is 8.13. The molecule has 0 unspecified atom stereocenters. The first-order chi connectivity index (χ1) is 14.4. The second-order valence-electron chi connectivity index (χ2n) is 6.96. The smallest absolute Gasteiger partial charge is 0.185 e. The van der Waals surface area contributed by atoms with Crippen LogP contribution >= 0.6 is 11.8 Å². The first-order valence-electron chi connectivity index (χ1n) is 9.46. The zero-order valence-electron chi connectivity index (χ0n) is 16.7. The van der Waals surface area contributed by atoms with Gasteiger partial charge in [0.25, 0.3) is 0 Å². The number of amidine groups is 1. The second-order valence-corrected chi connectivity index (χ2v) is 8.08. The fourth-order valence-corrected chi connectivity index (χ4v) is 4.10. The summed E-state index contributed by atoms with van der Waals surface area (Å²) in [5.74, 6) is 6.21. The second kappa shape index (κ2) is 9.74. The third-order valence-electron chi connectivity index (χ3n) is 4.73. The molecule has 6 nitrogen and oxygen atoms in total. The van der Waals surface area contributed by atoms with E-state index in [1.165, 1.54) is 24.0 Å². The minimum Gasteiger partial charge on any atom is -0.479 e. The van der Waals surface area contributed by atoms with Crippen LogP contribution in [-0.2, 0) is 12.0 Å². The van der Waals surface area contributed by atoms with E-state index in [1.54, 1.807) is 24.3 Å². The molecule has 1 aromatic carbocycles. The van der Waals surface area contributed by atoms with Crippen molar-refractivity contribution < 1.29 is 13.9 Å². The van der Waals surface area contributed by atoms with Crippen molar-refractivity contribution in [2.45, 2.75) is 25.3 Å². The minimum atomic E-state index is -0.734. The average Bonchev–Trinajstić information content (AvgIpc) is 2.73. The molecular formula is C22H23FN4O2S. The molecule has 0 amide bonds. The lowest BCUT2D eigenvalue weighted by molar-refractivity contribution is 0.0988. The van der Waals surface area contributed by atoms with Gasteiger partial charge in [-0.1, -0.05) is 29.7 Å². The highest BCUT2D eigenvalue weighted by atomic mass is 32.2. The number of carbonyl (C=O) groups is 1. The number of benzene rings is 1. The highest BCUT2D eigenvalue weighted by Gasteiger charge is 2.32. The van der Waals surface area contributed by atoms with Gasteiger partial charge < -0.3 is 16.2 Å². The van der Waals surface area contributed by atoms with Crippen molar-refractivity contribution in [3.63, 3.8) is 0 Å². The molecule has 8 heteroatoms. The number of rotatable bonds is 6. The summed E-state index contributed by atoms with van der Waals surface area (Å²) >= 11 is 1.46. The summed E-state index contributed by atoms with van der Waals surface area (Å²) in [6.07, 6.45) is 2.25. The van der Waals surface area contributed by atoms with Crippen molar-refractivity contribution in [3.05, 3.63) is 59.2 Å². The molecule has 30 heavy (non-hydrogen) atoms. The van der Waals surface area contributed by atoms with Gasteiger partial charge in [-0.05, 0) is 43.2 Å². The molecule has 0 saturated heterocycles. The van der Waals surface area contributed by atoms with Gasteiger partial charge in [-0.25, -0.2) is 9.37 Å². The van der Waals surface area contributed by atoms with Crippen LogP contribution < -0.4 is 16.2 Å². The lowest BCUT2D eigenvalue weighted by Crippen LogP contribution is -2.29. The zero-order chi connectivity index (χ0) is 21.6. The molecule has 0 fully saturated rings. The molecule has 2 aromatic rings. The quantitative estimate of drug-likeness (QED) is 0.544. The number of thioether (sulfide) groups is 1. The third-order valence-corrected chi connectivity index (χ3v) is 5.53. The highest BCUT2D eigenvalue weighted by Crippen LogP contribution is 2.36. The number of pyridine rings is 1. The summed E-state index contributed by atoms with van der Waals surface area (Å²) in [5, 5.41) is 0.449. The fourth-order valence-electron chi connectivity index (χ4n) is 3.12. The summed E-state index contributed by atoms with van der Waals surface area (Å²) in [4.78, 5) is 21.3. The van der Waals surface area contributed by atoms with Gasteiger partial charge in [-0.15, -0.1) is 0 Å². The van der Waals surface area contributed by atoms with Crippen molar-refractivity contribution in [1.29, 1.82) is 0 Å². The van der Waals surface area contributed by atoms with E-state index < -0.39 is 5.54 Å². The van der Waals surface area contributed by atoms with Gasteiger partial charge in [0.1, 0.15) is 23.9 Å². The van der Waals surface area contributed by atoms with Crippen molar-refractivity contribution in [2.75, 3.05) is 18.9 Å². The average molecular weight is 427 g/mol. The summed E-state index contributed by atoms with van der Waals surface area (Å²) in [6.45, 7) is 2.34. The number of aliphatic imine (C=N–C) groups is 1. The SMILES string of the molecule is C[C@@]1(c2cc(CC(=O)c3ccc(OCC#CCN)cn3)ccc2F)CCSC(N)=N1. The van der Waals surface area contributed by atoms with Gasteiger partial charge >= 0.3 is 0 Å². The summed E-state index contributed by atoms with van der Waals surface area (Å²) in [5.41, 5.74) is 11.9. The van der Waals surface area contributed by atoms with E-state index in [4.69, 9.17) is 16.2 Å². The molecule has 1 aliphatic heterocycles. The molecule has 1 aromatic heterocycles. The Morgan fingerprint density at radius 2 is 2.17 bits per heavy atom. The standard InChI is InChI=1S/C22H23FN4O2S/c1-22(8-11-30-21(25)27-22)17-12-15(4-6-18(17)23)13-20(28)19-7-5-16(14-26-19)29-10-3-2-9-24/h4-7,12,14H,8-11,13,24H2,1H3,(H2,25,27)/t22-/m0/s1. The van der Waals surface area contributed by atoms with Crippen LogP contribution in [0.2, 0.25) is 0 Å². The van der Waals surface area contributed by atoms with Crippen molar-refractivity contribution in [3.8, 4) is 17.6 Å². The topological polar surface area (TPSA) is 104 Å². The van der Waals surface area contributed by atoms with E-state index in [1.807, 2.05) is 6.92 Å². The lowest BCUT2D eigenvalue weighted by Gasteiger charge is -2.30. The van der Waals surface area contributed by atoms with Gasteiger partial charge in [-0.2, -0.15) is 0 Å². The number of ether oxygens (including phenoxy) is 1. The monoisotopic (exact) mass is 426 g/mol. The van der Waals surface area contributed by atoms with Crippen LogP contribution in [-0.4, -0.2) is 34.8 Å². The molecule has 0 saturated carbocycles. The number of ketones is 1. The molecule has 0 aliphatic carbocycles. The molecule has 1 aliphatic rings. The fraction of sp³-hybridized carbons (Fsp3) is 0.318. The molecule has 4 N–H and O–H groups in total. The minimum absolute atomic E-state index is 0.104. The predicted molar refractivity (Wildman–Crippen MR) is 117 cm³/mol. The van der Waals surface area contributed by atoms with Crippen LogP contribution in [0.1, 0.15) is 35.0 Å². The lowest BCUT2D eigenvalue weighted by atomic mass is 9.87. The van der Waals surface area contributed by atoms with Gasteiger partial charge in [0.05, 0.1) is 18.3 Å².